The summed E-state index contributed by atoms with van der Waals surface area (Å²) in [5.74, 6) is -1.53. The Balaban J connectivity index is 1.82. The van der Waals surface area contributed by atoms with Crippen molar-refractivity contribution >= 4 is 5.78 Å². The molecular weight excluding hydrogens is 276 g/mol. The van der Waals surface area contributed by atoms with E-state index < -0.39 is 47.6 Å². The summed E-state index contributed by atoms with van der Waals surface area (Å²) in [6.07, 6.45) is -6.40. The van der Waals surface area contributed by atoms with Gasteiger partial charge in [-0.05, 0) is 78.7 Å². The Morgan fingerprint density at radius 2 is 2.09 bits per heavy atom. The first-order valence-corrected chi connectivity index (χ1v) is 8.27. The highest BCUT2D eigenvalue weighted by molar-refractivity contribution is 5.91. The van der Waals surface area contributed by atoms with Gasteiger partial charge in [0.05, 0.1) is 14.9 Å². The molecule has 0 amide bonds. The molecule has 0 aromatic carbocycles. The van der Waals surface area contributed by atoms with E-state index in [9.17, 15) is 15.0 Å². The maximum atomic E-state index is 12.3. The highest BCUT2D eigenvalue weighted by Crippen LogP contribution is 2.65. The average Bonchev–Trinajstić information content (AvgIpc) is 2.68. The van der Waals surface area contributed by atoms with Crippen molar-refractivity contribution in [3.05, 3.63) is 11.6 Å². The molecule has 3 fully saturated rings. The number of hydrogen-bond donors (Lipinski definition) is 2. The standard InChI is InChI=1S/C19H28O3/c1-18-7-5-11(20)9-15(18)16(21)10-12-13-3-4-17(22)19(13,2)8-6-14(12)18/h9,12-14,16-17,21-22H,3-8,10H2,1-2H3/t12-,13-,14-,16+,17-,18+,19-/m0/s1/i4D2,5D2,9D,17D. The maximum Gasteiger partial charge on any atom is 0.155 e. The molecule has 4 aliphatic rings. The molecule has 0 aromatic rings. The average molecular weight is 310 g/mol. The highest BCUT2D eigenvalue weighted by atomic mass is 16.3. The third-order valence-electron chi connectivity index (χ3n) is 6.98. The summed E-state index contributed by atoms with van der Waals surface area (Å²) in [4.78, 5) is 12.3. The number of rotatable bonds is 0. The van der Waals surface area contributed by atoms with Crippen LogP contribution in [0.5, 0.6) is 0 Å². The fraction of sp³-hybridized carbons (Fsp3) is 0.842. The van der Waals surface area contributed by atoms with Gasteiger partial charge in [0.1, 0.15) is 0 Å². The molecule has 3 saturated carbocycles. The van der Waals surface area contributed by atoms with Gasteiger partial charge in [-0.2, -0.15) is 0 Å². The van der Waals surface area contributed by atoms with Crippen LogP contribution in [0.3, 0.4) is 0 Å². The lowest BCUT2D eigenvalue weighted by Crippen LogP contribution is -2.54. The normalized spacial score (nSPS) is 66.6. The van der Waals surface area contributed by atoms with Crippen molar-refractivity contribution in [3.8, 4) is 0 Å². The van der Waals surface area contributed by atoms with Crippen LogP contribution in [0.25, 0.3) is 0 Å². The van der Waals surface area contributed by atoms with Crippen LogP contribution in [0.2, 0.25) is 0 Å². The summed E-state index contributed by atoms with van der Waals surface area (Å²) < 4.78 is 49.4. The van der Waals surface area contributed by atoms with Crippen LogP contribution < -0.4 is 0 Å². The number of hydrogen-bond acceptors (Lipinski definition) is 3. The molecular formula is C19H28O3. The van der Waals surface area contributed by atoms with Crippen LogP contribution in [-0.4, -0.2) is 28.2 Å². The van der Waals surface area contributed by atoms with Gasteiger partial charge in [-0.1, -0.05) is 13.8 Å². The molecule has 2 N–H and O–H groups in total. The van der Waals surface area contributed by atoms with Crippen molar-refractivity contribution in [2.24, 2.45) is 28.6 Å². The minimum atomic E-state index is -2.23. The minimum Gasteiger partial charge on any atom is -0.393 e. The first-order valence-electron chi connectivity index (χ1n) is 11.3. The number of fused-ring (bicyclic) bond motifs is 5. The van der Waals surface area contributed by atoms with E-state index in [1.165, 1.54) is 0 Å². The fourth-order valence-corrected chi connectivity index (χ4v) is 5.65. The Kier molecular flexibility index (Phi) is 2.03. The van der Waals surface area contributed by atoms with Crippen LogP contribution in [0.15, 0.2) is 11.6 Å². The van der Waals surface area contributed by atoms with Crippen molar-refractivity contribution < 1.29 is 23.2 Å². The van der Waals surface area contributed by atoms with Crippen molar-refractivity contribution in [3.63, 3.8) is 0 Å². The van der Waals surface area contributed by atoms with E-state index in [1.54, 1.807) is 6.92 Å². The van der Waals surface area contributed by atoms with Crippen molar-refractivity contribution in [1.29, 1.82) is 0 Å². The monoisotopic (exact) mass is 310 g/mol. The van der Waals surface area contributed by atoms with E-state index in [2.05, 4.69) is 0 Å². The summed E-state index contributed by atoms with van der Waals surface area (Å²) in [5.41, 5.74) is -1.50. The van der Waals surface area contributed by atoms with E-state index in [-0.39, 0.29) is 37.0 Å². The number of carbonyl (C=O) groups is 1. The zero-order chi connectivity index (χ0) is 21.1. The molecule has 3 nitrogen and oxygen atoms in total. The Morgan fingerprint density at radius 3 is 2.86 bits per heavy atom. The number of aliphatic hydroxyl groups excluding tert-OH is 1. The lowest BCUT2D eigenvalue weighted by Gasteiger charge is -2.58. The SMILES string of the molecule is [2H]C1=C2[C@H](O)C[C@@H]3[C@H](CC[C@@]4(C)[C@H]3CC([2H])([2H])[C@]4([2H])O)[C@@]2(C)CC([2H])([2H])C1=O. The summed E-state index contributed by atoms with van der Waals surface area (Å²) in [6, 6.07) is -0.420. The Morgan fingerprint density at radius 1 is 1.32 bits per heavy atom. The maximum absolute atomic E-state index is 12.3. The third kappa shape index (κ3) is 1.78. The van der Waals surface area contributed by atoms with E-state index in [1.807, 2.05) is 6.92 Å². The van der Waals surface area contributed by atoms with Crippen molar-refractivity contribution in [2.45, 2.75) is 70.9 Å². The molecule has 0 radical (unpaired) electrons. The molecule has 0 bridgehead atoms. The van der Waals surface area contributed by atoms with Crippen LogP contribution >= 0.6 is 0 Å². The van der Waals surface area contributed by atoms with Gasteiger partial charge in [0, 0.05) is 11.9 Å². The molecule has 0 spiro atoms. The highest BCUT2D eigenvalue weighted by Gasteiger charge is 2.60. The second kappa shape index (κ2) is 4.67. The fourth-order valence-electron chi connectivity index (χ4n) is 5.65. The molecule has 0 aromatic heterocycles. The van der Waals surface area contributed by atoms with E-state index in [4.69, 9.17) is 8.22 Å². The Bertz CT molecular complexity index is 778. The van der Waals surface area contributed by atoms with E-state index >= 15 is 0 Å². The lowest BCUT2D eigenvalue weighted by atomic mass is 9.47. The zero-order valence-electron chi connectivity index (χ0n) is 19.1. The molecule has 3 heteroatoms. The molecule has 122 valence electrons. The summed E-state index contributed by atoms with van der Waals surface area (Å²) in [6.45, 7) is 3.58. The number of ketones is 1. The second-order valence-corrected chi connectivity index (χ2v) is 7.95. The Labute approximate surface area is 141 Å². The van der Waals surface area contributed by atoms with Gasteiger partial charge >= 0.3 is 0 Å². The zero-order valence-corrected chi connectivity index (χ0v) is 13.1. The van der Waals surface area contributed by atoms with Crippen molar-refractivity contribution in [2.75, 3.05) is 0 Å². The van der Waals surface area contributed by atoms with Crippen LogP contribution in [0.1, 0.15) is 66.9 Å². The molecule has 0 aliphatic heterocycles. The van der Waals surface area contributed by atoms with Gasteiger partial charge < -0.3 is 10.2 Å². The van der Waals surface area contributed by atoms with Gasteiger partial charge in [-0.15, -0.1) is 0 Å². The van der Waals surface area contributed by atoms with Gasteiger partial charge in [0.2, 0.25) is 0 Å². The summed E-state index contributed by atoms with van der Waals surface area (Å²) in [5, 5.41) is 21.6. The number of aliphatic hydroxyl groups is 2. The second-order valence-electron chi connectivity index (χ2n) is 7.95. The topological polar surface area (TPSA) is 57.5 Å². The third-order valence-corrected chi connectivity index (χ3v) is 6.98. The van der Waals surface area contributed by atoms with Crippen LogP contribution in [-0.2, 0) is 4.79 Å². The molecule has 0 heterocycles. The van der Waals surface area contributed by atoms with Crippen LogP contribution in [0.4, 0.5) is 0 Å². The lowest BCUT2D eigenvalue weighted by molar-refractivity contribution is -0.120. The smallest absolute Gasteiger partial charge is 0.155 e. The Hall–Kier alpha value is -0.670. The quantitative estimate of drug-likeness (QED) is 0.723. The van der Waals surface area contributed by atoms with Crippen LogP contribution in [0, 0.1) is 28.6 Å². The molecule has 7 atom stereocenters. The largest absolute Gasteiger partial charge is 0.393 e. The predicted octanol–water partition coefficient (Wildman–Crippen LogP) is 2.85. The van der Waals surface area contributed by atoms with Gasteiger partial charge in [-0.3, -0.25) is 4.79 Å². The minimum absolute atomic E-state index is 0.0199. The van der Waals surface area contributed by atoms with Gasteiger partial charge in [-0.25, -0.2) is 0 Å². The summed E-state index contributed by atoms with van der Waals surface area (Å²) >= 11 is 0. The van der Waals surface area contributed by atoms with Crippen molar-refractivity contribution in [1.82, 2.24) is 0 Å². The van der Waals surface area contributed by atoms with Gasteiger partial charge in [0.15, 0.2) is 5.78 Å². The molecule has 0 saturated heterocycles. The van der Waals surface area contributed by atoms with E-state index in [0.29, 0.717) is 18.4 Å². The molecule has 0 unspecified atom stereocenters. The first-order chi connectivity index (χ1) is 12.6. The molecule has 4 rings (SSSR count). The predicted molar refractivity (Wildman–Crippen MR) is 84.1 cm³/mol. The molecule has 22 heavy (non-hydrogen) atoms. The first kappa shape index (κ1) is 9.58. The van der Waals surface area contributed by atoms with Gasteiger partial charge in [0.25, 0.3) is 0 Å². The number of carbonyl (C=O) groups excluding carboxylic acids is 1. The molecule has 4 aliphatic carbocycles. The van der Waals surface area contributed by atoms with E-state index in [0.717, 1.165) is 0 Å². The summed E-state index contributed by atoms with van der Waals surface area (Å²) in [7, 11) is 0.